The van der Waals surface area contributed by atoms with Crippen LogP contribution in [-0.2, 0) is 0 Å². The highest BCUT2D eigenvalue weighted by atomic mass is 15.1. The number of aromatic nitrogens is 4. The molecule has 0 radical (unpaired) electrons. The van der Waals surface area contributed by atoms with Crippen LogP contribution in [0.5, 0.6) is 0 Å². The standard InChI is InChI=1S/C23H21N7/c24-10-16-3-1-2-15-9-21(27-12-19(15)16)18-8-17(11-28-23(18)25)20-13-29-30-22(20)14-4-6-26-7-5-14/h1-3,8-9,11-14,26H,4-7H2,(H2,25,28)(H,29,30). The molecule has 1 aliphatic rings. The molecule has 0 spiro atoms. The Hall–Kier alpha value is -3.76. The zero-order valence-corrected chi connectivity index (χ0v) is 16.4. The van der Waals surface area contributed by atoms with Gasteiger partial charge in [-0.05, 0) is 49.5 Å². The fraction of sp³-hybridized carbons (Fsp3) is 0.217. The van der Waals surface area contributed by atoms with Gasteiger partial charge < -0.3 is 11.1 Å². The summed E-state index contributed by atoms with van der Waals surface area (Å²) >= 11 is 0. The first-order valence-electron chi connectivity index (χ1n) is 10.0. The Kier molecular flexibility index (Phi) is 4.62. The van der Waals surface area contributed by atoms with E-state index >= 15 is 0 Å². The van der Waals surface area contributed by atoms with E-state index in [1.54, 1.807) is 18.5 Å². The summed E-state index contributed by atoms with van der Waals surface area (Å²) in [5.41, 5.74) is 11.5. The summed E-state index contributed by atoms with van der Waals surface area (Å²) in [5.74, 6) is 0.877. The maximum atomic E-state index is 9.32. The zero-order valence-electron chi connectivity index (χ0n) is 16.4. The van der Waals surface area contributed by atoms with Crippen LogP contribution in [0.15, 0.2) is 48.9 Å². The van der Waals surface area contributed by atoms with Crippen molar-refractivity contribution < 1.29 is 0 Å². The summed E-state index contributed by atoms with van der Waals surface area (Å²) < 4.78 is 0. The molecule has 0 bridgehead atoms. The number of anilines is 1. The third-order valence-corrected chi connectivity index (χ3v) is 5.81. The van der Waals surface area contributed by atoms with Gasteiger partial charge >= 0.3 is 0 Å². The molecule has 0 aliphatic carbocycles. The molecule has 5 rings (SSSR count). The van der Waals surface area contributed by atoms with E-state index in [2.05, 4.69) is 31.6 Å². The number of nitrogen functional groups attached to an aromatic ring is 1. The highest BCUT2D eigenvalue weighted by Gasteiger charge is 2.21. The lowest BCUT2D eigenvalue weighted by molar-refractivity contribution is 0.453. The van der Waals surface area contributed by atoms with Crippen molar-refractivity contribution >= 4 is 16.6 Å². The van der Waals surface area contributed by atoms with E-state index in [0.717, 1.165) is 64.8 Å². The van der Waals surface area contributed by atoms with Crippen molar-refractivity contribution in [1.82, 2.24) is 25.5 Å². The molecule has 0 saturated carbocycles. The van der Waals surface area contributed by atoms with Gasteiger partial charge in [-0.15, -0.1) is 0 Å². The van der Waals surface area contributed by atoms with Gasteiger partial charge in [0.05, 0.1) is 23.5 Å². The summed E-state index contributed by atoms with van der Waals surface area (Å²) in [5, 5.41) is 22.0. The normalized spacial score (nSPS) is 14.6. The first kappa shape index (κ1) is 18.3. The van der Waals surface area contributed by atoms with Crippen LogP contribution in [0.1, 0.15) is 30.0 Å². The zero-order chi connectivity index (χ0) is 20.5. The van der Waals surface area contributed by atoms with Gasteiger partial charge in [-0.1, -0.05) is 12.1 Å². The van der Waals surface area contributed by atoms with Gasteiger partial charge in [0.2, 0.25) is 0 Å². The molecular weight excluding hydrogens is 374 g/mol. The van der Waals surface area contributed by atoms with Crippen molar-refractivity contribution in [3.05, 3.63) is 60.2 Å². The maximum absolute atomic E-state index is 9.32. The number of nitrogens with zero attached hydrogens (tertiary/aromatic N) is 4. The number of H-pyrrole nitrogens is 1. The first-order chi connectivity index (χ1) is 14.7. The number of nitrogens with one attached hydrogen (secondary N) is 2. The number of aromatic amines is 1. The number of benzene rings is 1. The minimum absolute atomic E-state index is 0.425. The number of hydrogen-bond acceptors (Lipinski definition) is 6. The van der Waals surface area contributed by atoms with E-state index in [4.69, 9.17) is 5.73 Å². The fourth-order valence-electron chi connectivity index (χ4n) is 4.19. The van der Waals surface area contributed by atoms with Crippen LogP contribution in [0, 0.1) is 11.3 Å². The molecule has 0 atom stereocenters. The summed E-state index contributed by atoms with van der Waals surface area (Å²) in [6.45, 7) is 2.03. The number of rotatable bonds is 3. The summed E-state index contributed by atoms with van der Waals surface area (Å²) in [6, 6.07) is 11.8. The van der Waals surface area contributed by atoms with Gasteiger partial charge in [-0.2, -0.15) is 10.4 Å². The predicted octanol–water partition coefficient (Wildman–Crippen LogP) is 3.61. The molecule has 4 heterocycles. The van der Waals surface area contributed by atoms with Crippen molar-refractivity contribution in [2.24, 2.45) is 0 Å². The Bertz CT molecular complexity index is 1260. The van der Waals surface area contributed by atoms with Crippen LogP contribution in [0.4, 0.5) is 5.82 Å². The number of hydrogen-bond donors (Lipinski definition) is 3. The van der Waals surface area contributed by atoms with Crippen LogP contribution in [0.2, 0.25) is 0 Å². The molecule has 1 aliphatic heterocycles. The van der Waals surface area contributed by atoms with Gasteiger partial charge in [0, 0.05) is 46.1 Å². The lowest BCUT2D eigenvalue weighted by Gasteiger charge is -2.22. The second-order valence-corrected chi connectivity index (χ2v) is 7.59. The molecule has 0 amide bonds. The van der Waals surface area contributed by atoms with Gasteiger partial charge in [-0.3, -0.25) is 10.1 Å². The van der Waals surface area contributed by atoms with Crippen molar-refractivity contribution in [2.45, 2.75) is 18.8 Å². The van der Waals surface area contributed by atoms with Crippen LogP contribution in [0.25, 0.3) is 33.2 Å². The van der Waals surface area contributed by atoms with Gasteiger partial charge in [0.25, 0.3) is 0 Å². The Morgan fingerprint density at radius 2 is 1.90 bits per heavy atom. The van der Waals surface area contributed by atoms with Crippen molar-refractivity contribution in [3.63, 3.8) is 0 Å². The monoisotopic (exact) mass is 395 g/mol. The summed E-state index contributed by atoms with van der Waals surface area (Å²) in [4.78, 5) is 9.02. The van der Waals surface area contributed by atoms with Crippen molar-refractivity contribution in [1.29, 1.82) is 5.26 Å². The molecule has 7 heteroatoms. The minimum Gasteiger partial charge on any atom is -0.383 e. The third kappa shape index (κ3) is 3.17. The molecular formula is C23H21N7. The van der Waals surface area contributed by atoms with E-state index in [1.807, 2.05) is 30.5 Å². The van der Waals surface area contributed by atoms with Gasteiger partial charge in [0.1, 0.15) is 5.82 Å². The van der Waals surface area contributed by atoms with Crippen LogP contribution in [-0.4, -0.2) is 33.3 Å². The minimum atomic E-state index is 0.425. The third-order valence-electron chi connectivity index (χ3n) is 5.81. The maximum Gasteiger partial charge on any atom is 0.132 e. The molecule has 4 aromatic rings. The Balaban J connectivity index is 1.58. The highest BCUT2D eigenvalue weighted by Crippen LogP contribution is 2.35. The Labute approximate surface area is 174 Å². The van der Waals surface area contributed by atoms with E-state index in [0.29, 0.717) is 17.3 Å². The Morgan fingerprint density at radius 1 is 1.03 bits per heavy atom. The van der Waals surface area contributed by atoms with E-state index in [1.165, 1.54) is 0 Å². The average Bonchev–Trinajstić information content (AvgIpc) is 3.29. The molecule has 4 N–H and O–H groups in total. The van der Waals surface area contributed by atoms with Gasteiger partial charge in [-0.25, -0.2) is 4.98 Å². The summed E-state index contributed by atoms with van der Waals surface area (Å²) in [6.07, 6.45) is 7.55. The lowest BCUT2D eigenvalue weighted by Crippen LogP contribution is -2.27. The van der Waals surface area contributed by atoms with Crippen LogP contribution in [0.3, 0.4) is 0 Å². The number of nitriles is 1. The van der Waals surface area contributed by atoms with Gasteiger partial charge in [0.15, 0.2) is 0 Å². The van der Waals surface area contributed by atoms with Crippen molar-refractivity contribution in [3.8, 4) is 28.5 Å². The van der Waals surface area contributed by atoms with E-state index < -0.39 is 0 Å². The molecule has 3 aromatic heterocycles. The smallest absolute Gasteiger partial charge is 0.132 e. The van der Waals surface area contributed by atoms with Crippen LogP contribution < -0.4 is 11.1 Å². The number of pyridine rings is 2. The SMILES string of the molecule is N#Cc1cccc2cc(-c3cc(-c4cn[nH]c4C4CCNCC4)cnc3N)ncc12. The average molecular weight is 395 g/mol. The Morgan fingerprint density at radius 3 is 2.73 bits per heavy atom. The van der Waals surface area contributed by atoms with E-state index in [-0.39, 0.29) is 0 Å². The molecule has 1 fully saturated rings. The number of nitrogens with two attached hydrogens (primary N) is 1. The van der Waals surface area contributed by atoms with E-state index in [9.17, 15) is 5.26 Å². The highest BCUT2D eigenvalue weighted by molar-refractivity contribution is 5.91. The number of piperidine rings is 1. The fourth-order valence-corrected chi connectivity index (χ4v) is 4.19. The topological polar surface area (TPSA) is 116 Å². The first-order valence-corrected chi connectivity index (χ1v) is 10.0. The molecule has 7 nitrogen and oxygen atoms in total. The molecule has 1 saturated heterocycles. The second kappa shape index (κ2) is 7.58. The molecule has 1 aromatic carbocycles. The molecule has 0 unspecified atom stereocenters. The predicted molar refractivity (Wildman–Crippen MR) is 117 cm³/mol. The molecule has 30 heavy (non-hydrogen) atoms. The number of fused-ring (bicyclic) bond motifs is 1. The van der Waals surface area contributed by atoms with Crippen LogP contribution >= 0.6 is 0 Å². The van der Waals surface area contributed by atoms with Crippen molar-refractivity contribution in [2.75, 3.05) is 18.8 Å². The second-order valence-electron chi connectivity index (χ2n) is 7.59. The molecule has 148 valence electrons. The lowest BCUT2D eigenvalue weighted by atomic mass is 9.90. The largest absolute Gasteiger partial charge is 0.383 e. The summed E-state index contributed by atoms with van der Waals surface area (Å²) in [7, 11) is 0. The quantitative estimate of drug-likeness (QED) is 0.488.